The first-order valence-electron chi connectivity index (χ1n) is 17.3. The molecule has 3 aromatic rings. The van der Waals surface area contributed by atoms with E-state index in [0.29, 0.717) is 41.4 Å². The van der Waals surface area contributed by atoms with Gasteiger partial charge in [-0.3, -0.25) is 9.18 Å². The molecule has 2 aliphatic carbocycles. The molecule has 4 aliphatic rings. The second-order valence-corrected chi connectivity index (χ2v) is 15.9. The van der Waals surface area contributed by atoms with E-state index in [-0.39, 0.29) is 17.1 Å². The number of hydrogen-bond acceptors (Lipinski definition) is 9. The van der Waals surface area contributed by atoms with Crippen LogP contribution in [0.15, 0.2) is 41.7 Å². The van der Waals surface area contributed by atoms with Crippen LogP contribution in [0.1, 0.15) is 88.2 Å². The normalized spacial score (nSPS) is 23.0. The molecule has 1 spiro atoms. The lowest BCUT2D eigenvalue weighted by Gasteiger charge is -2.36. The van der Waals surface area contributed by atoms with Crippen molar-refractivity contribution in [2.24, 2.45) is 16.8 Å². The smallest absolute Gasteiger partial charge is 0.264 e. The summed E-state index contributed by atoms with van der Waals surface area (Å²) in [5.41, 5.74) is 3.51. The molecule has 48 heavy (non-hydrogen) atoms. The highest BCUT2D eigenvalue weighted by Crippen LogP contribution is 2.52. The molecule has 2 aliphatic heterocycles. The summed E-state index contributed by atoms with van der Waals surface area (Å²) < 4.78 is 58.0. The van der Waals surface area contributed by atoms with Crippen molar-refractivity contribution in [3.8, 4) is 11.3 Å². The standard InChI is InChI=1S/C36H44F2N6O3S/c1-23-36(13-3-4-14-36)29-17-28(18-30(37)34(29)41-23)33-31(38)20-40-35(43-33)42-32-10-9-27(19-39-32)26-11-15-44(16-12-26)21-24-5-7-25(8-6-24)22-47-48(2,45)46/h9-10,17-20,24-26H,3-8,11-16,21-22H2,1-2H3,(H,39,40,42,43). The Balaban J connectivity index is 0.941. The van der Waals surface area contributed by atoms with Crippen LogP contribution in [-0.2, 0) is 19.7 Å². The van der Waals surface area contributed by atoms with Crippen molar-refractivity contribution in [1.82, 2.24) is 19.9 Å². The van der Waals surface area contributed by atoms with Gasteiger partial charge in [0, 0.05) is 29.4 Å². The van der Waals surface area contributed by atoms with Crippen molar-refractivity contribution in [2.45, 2.75) is 82.5 Å². The molecule has 0 bridgehead atoms. The summed E-state index contributed by atoms with van der Waals surface area (Å²) in [6.45, 7) is 5.47. The van der Waals surface area contributed by atoms with E-state index in [1.807, 2.05) is 25.3 Å². The average Bonchev–Trinajstić information content (AvgIpc) is 3.68. The predicted molar refractivity (Wildman–Crippen MR) is 182 cm³/mol. The zero-order chi connectivity index (χ0) is 33.5. The van der Waals surface area contributed by atoms with Crippen LogP contribution in [0.5, 0.6) is 0 Å². The first-order valence-corrected chi connectivity index (χ1v) is 19.1. The quantitative estimate of drug-likeness (QED) is 0.233. The molecule has 12 heteroatoms. The molecule has 0 amide bonds. The van der Waals surface area contributed by atoms with Crippen molar-refractivity contribution in [2.75, 3.05) is 37.8 Å². The van der Waals surface area contributed by atoms with E-state index in [2.05, 4.69) is 36.2 Å². The van der Waals surface area contributed by atoms with Crippen LogP contribution in [0, 0.1) is 23.5 Å². The van der Waals surface area contributed by atoms with Gasteiger partial charge in [0.25, 0.3) is 10.1 Å². The molecule has 0 atom stereocenters. The maximum atomic E-state index is 15.3. The molecular formula is C36H44F2N6O3S. The number of aromatic nitrogens is 3. The monoisotopic (exact) mass is 678 g/mol. The molecule has 1 N–H and O–H groups in total. The van der Waals surface area contributed by atoms with Gasteiger partial charge in [-0.15, -0.1) is 0 Å². The van der Waals surface area contributed by atoms with Gasteiger partial charge in [-0.2, -0.15) is 8.42 Å². The number of hydrogen-bond donors (Lipinski definition) is 1. The Morgan fingerprint density at radius 1 is 0.958 bits per heavy atom. The number of pyridine rings is 1. The summed E-state index contributed by atoms with van der Waals surface area (Å²) in [6, 6.07) is 7.17. The lowest BCUT2D eigenvalue weighted by Crippen LogP contribution is -2.37. The zero-order valence-corrected chi connectivity index (χ0v) is 28.5. The lowest BCUT2D eigenvalue weighted by molar-refractivity contribution is 0.135. The van der Waals surface area contributed by atoms with Crippen LogP contribution in [0.2, 0.25) is 0 Å². The molecule has 0 unspecified atom stereocenters. The minimum absolute atomic E-state index is 0.0456. The summed E-state index contributed by atoms with van der Waals surface area (Å²) in [5.74, 6) is 1.11. The molecule has 2 aromatic heterocycles. The topological polar surface area (TPSA) is 110 Å². The van der Waals surface area contributed by atoms with E-state index in [1.165, 1.54) is 11.6 Å². The van der Waals surface area contributed by atoms with Gasteiger partial charge < -0.3 is 10.2 Å². The Hall–Kier alpha value is -3.35. The fraction of sp³-hybridized carbons (Fsp3) is 0.556. The molecule has 4 heterocycles. The minimum atomic E-state index is -3.37. The summed E-state index contributed by atoms with van der Waals surface area (Å²) in [4.78, 5) is 20.4. The van der Waals surface area contributed by atoms with Crippen LogP contribution in [0.3, 0.4) is 0 Å². The van der Waals surface area contributed by atoms with Crippen molar-refractivity contribution >= 4 is 33.3 Å². The van der Waals surface area contributed by atoms with E-state index in [1.54, 1.807) is 0 Å². The summed E-state index contributed by atoms with van der Waals surface area (Å²) in [6.07, 6.45) is 14.5. The summed E-state index contributed by atoms with van der Waals surface area (Å²) in [5, 5.41) is 3.10. The predicted octanol–water partition coefficient (Wildman–Crippen LogP) is 7.44. The van der Waals surface area contributed by atoms with Crippen LogP contribution in [0.25, 0.3) is 11.3 Å². The Bertz CT molecular complexity index is 1780. The third kappa shape index (κ3) is 7.02. The number of nitrogens with one attached hydrogen (secondary N) is 1. The van der Waals surface area contributed by atoms with E-state index in [9.17, 15) is 8.42 Å². The van der Waals surface area contributed by atoms with Crippen molar-refractivity contribution in [1.29, 1.82) is 0 Å². The van der Waals surface area contributed by atoms with Crippen LogP contribution in [0.4, 0.5) is 26.2 Å². The van der Waals surface area contributed by atoms with Crippen LogP contribution in [-0.4, -0.2) is 66.5 Å². The van der Waals surface area contributed by atoms with Gasteiger partial charge in [-0.05, 0) is 118 Å². The molecule has 1 aromatic carbocycles. The summed E-state index contributed by atoms with van der Waals surface area (Å²) >= 11 is 0. The molecule has 7 rings (SSSR count). The molecule has 3 fully saturated rings. The number of nitrogens with zero attached hydrogens (tertiary/aromatic N) is 5. The van der Waals surface area contributed by atoms with Gasteiger partial charge in [0.2, 0.25) is 5.95 Å². The van der Waals surface area contributed by atoms with Crippen LogP contribution >= 0.6 is 0 Å². The Morgan fingerprint density at radius 2 is 1.69 bits per heavy atom. The fourth-order valence-electron chi connectivity index (χ4n) is 8.37. The van der Waals surface area contributed by atoms with E-state index >= 15 is 8.78 Å². The van der Waals surface area contributed by atoms with Crippen LogP contribution < -0.4 is 5.32 Å². The molecule has 1 saturated heterocycles. The molecule has 256 valence electrons. The number of likely N-dealkylation sites (tertiary alicyclic amines) is 1. The highest BCUT2D eigenvalue weighted by molar-refractivity contribution is 7.85. The number of piperidine rings is 1. The van der Waals surface area contributed by atoms with Gasteiger partial charge in [0.15, 0.2) is 5.82 Å². The molecule has 2 saturated carbocycles. The SMILES string of the molecule is CC1=Nc2c(F)cc(-c3nc(Nc4ccc(C5CCN(CC6CCC(COS(C)(=O)=O)CC6)CC5)cn4)ncc3F)cc2C12CCCC2. The van der Waals surface area contributed by atoms with Crippen molar-refractivity contribution < 1.29 is 21.4 Å². The lowest BCUT2D eigenvalue weighted by atomic mass is 9.76. The second kappa shape index (κ2) is 13.5. The van der Waals surface area contributed by atoms with Gasteiger partial charge in [0.05, 0.1) is 19.1 Å². The Kier molecular flexibility index (Phi) is 9.34. The van der Waals surface area contributed by atoms with Gasteiger partial charge in [0.1, 0.15) is 23.0 Å². The fourth-order valence-corrected chi connectivity index (χ4v) is 8.81. The maximum Gasteiger partial charge on any atom is 0.264 e. The van der Waals surface area contributed by atoms with Crippen molar-refractivity contribution in [3.63, 3.8) is 0 Å². The van der Waals surface area contributed by atoms with E-state index in [0.717, 1.165) is 108 Å². The number of benzene rings is 1. The largest absolute Gasteiger partial charge is 0.309 e. The third-order valence-electron chi connectivity index (χ3n) is 11.1. The third-order valence-corrected chi connectivity index (χ3v) is 11.7. The van der Waals surface area contributed by atoms with Gasteiger partial charge in [-0.1, -0.05) is 18.9 Å². The number of halogens is 2. The minimum Gasteiger partial charge on any atom is -0.309 e. The molecule has 9 nitrogen and oxygen atoms in total. The van der Waals surface area contributed by atoms with E-state index in [4.69, 9.17) is 4.18 Å². The second-order valence-electron chi connectivity index (χ2n) is 14.3. The van der Waals surface area contributed by atoms with Gasteiger partial charge >= 0.3 is 0 Å². The van der Waals surface area contributed by atoms with Gasteiger partial charge in [-0.25, -0.2) is 23.7 Å². The first kappa shape index (κ1) is 33.2. The Morgan fingerprint density at radius 3 is 2.38 bits per heavy atom. The Labute approximate surface area is 281 Å². The van der Waals surface area contributed by atoms with E-state index < -0.39 is 21.8 Å². The number of rotatable bonds is 9. The highest BCUT2D eigenvalue weighted by Gasteiger charge is 2.44. The zero-order valence-electron chi connectivity index (χ0n) is 27.7. The molecular weight excluding hydrogens is 634 g/mol. The average molecular weight is 679 g/mol. The maximum absolute atomic E-state index is 15.3. The number of aliphatic imine (C=N–C) groups is 1. The highest BCUT2D eigenvalue weighted by atomic mass is 32.2. The molecule has 0 radical (unpaired) electrons. The number of anilines is 2. The number of fused-ring (bicyclic) bond motifs is 2. The first-order chi connectivity index (χ1) is 23.1. The summed E-state index contributed by atoms with van der Waals surface area (Å²) in [7, 11) is -3.37. The van der Waals surface area contributed by atoms with Crippen molar-refractivity contribution in [3.05, 3.63) is 59.4 Å².